The van der Waals surface area contributed by atoms with Crippen molar-refractivity contribution in [3.05, 3.63) is 0 Å². The van der Waals surface area contributed by atoms with Crippen LogP contribution in [0.2, 0.25) is 0 Å². The molecule has 0 aromatic rings. The molecule has 1 saturated carbocycles. The van der Waals surface area contributed by atoms with Gasteiger partial charge in [0.05, 0.1) is 5.60 Å². The second-order valence-corrected chi connectivity index (χ2v) is 7.15. The van der Waals surface area contributed by atoms with Gasteiger partial charge in [-0.1, -0.05) is 19.8 Å². The molecule has 3 nitrogen and oxygen atoms in total. The van der Waals surface area contributed by atoms with Crippen LogP contribution in [0.4, 0.5) is 0 Å². The Kier molecular flexibility index (Phi) is 3.20. The number of hydrogen-bond acceptors (Lipinski definition) is 3. The maximum Gasteiger partial charge on any atom is 0.0768 e. The number of nitrogens with zero attached hydrogens (tertiary/aromatic N) is 1. The Morgan fingerprint density at radius 1 is 1.28 bits per heavy atom. The van der Waals surface area contributed by atoms with Crippen molar-refractivity contribution < 1.29 is 5.11 Å². The summed E-state index contributed by atoms with van der Waals surface area (Å²) >= 11 is 0. The van der Waals surface area contributed by atoms with Crippen LogP contribution in [0.3, 0.4) is 0 Å². The van der Waals surface area contributed by atoms with Crippen LogP contribution >= 0.6 is 0 Å². The SMILES string of the molecule is CC1CCCC(CN)(C2(O)CCN3CCC2C3)C1. The average Bonchev–Trinajstić information content (AvgIpc) is 2.79. The van der Waals surface area contributed by atoms with E-state index in [-0.39, 0.29) is 5.41 Å². The summed E-state index contributed by atoms with van der Waals surface area (Å²) in [5.74, 6) is 1.20. The van der Waals surface area contributed by atoms with E-state index in [0.29, 0.717) is 12.5 Å². The summed E-state index contributed by atoms with van der Waals surface area (Å²) in [6.45, 7) is 6.36. The van der Waals surface area contributed by atoms with E-state index in [4.69, 9.17) is 5.73 Å². The molecule has 2 aliphatic heterocycles. The van der Waals surface area contributed by atoms with E-state index in [1.807, 2.05) is 0 Å². The molecule has 0 aromatic carbocycles. The van der Waals surface area contributed by atoms with Gasteiger partial charge in [0, 0.05) is 31.0 Å². The minimum absolute atomic E-state index is 0.00572. The number of hydrogen-bond donors (Lipinski definition) is 2. The van der Waals surface area contributed by atoms with E-state index in [1.165, 1.54) is 25.8 Å². The number of rotatable bonds is 2. The van der Waals surface area contributed by atoms with Gasteiger partial charge in [-0.15, -0.1) is 0 Å². The summed E-state index contributed by atoms with van der Waals surface area (Å²) in [7, 11) is 0. The predicted octanol–water partition coefficient (Wildman–Crippen LogP) is 1.60. The quantitative estimate of drug-likeness (QED) is 0.785. The first kappa shape index (κ1) is 12.9. The lowest BCUT2D eigenvalue weighted by molar-refractivity contribution is -0.159. The Morgan fingerprint density at radius 3 is 2.83 bits per heavy atom. The number of aliphatic hydroxyl groups is 1. The van der Waals surface area contributed by atoms with E-state index in [1.54, 1.807) is 0 Å². The normalized spacial score (nSPS) is 52.5. The molecule has 18 heavy (non-hydrogen) atoms. The largest absolute Gasteiger partial charge is 0.389 e. The molecular formula is C15H28N2O. The lowest BCUT2D eigenvalue weighted by Crippen LogP contribution is -2.61. The maximum atomic E-state index is 11.4. The van der Waals surface area contributed by atoms with Crippen LogP contribution in [0.25, 0.3) is 0 Å². The standard InChI is InChI=1S/C15H28N2O/c1-12-3-2-5-14(9-12,11-16)15(18)6-8-17-7-4-13(15)10-17/h12-13,18H,2-11,16H2,1H3. The minimum Gasteiger partial charge on any atom is -0.389 e. The molecule has 5 atom stereocenters. The Morgan fingerprint density at radius 2 is 2.11 bits per heavy atom. The van der Waals surface area contributed by atoms with Crippen molar-refractivity contribution in [2.24, 2.45) is 23.0 Å². The summed E-state index contributed by atoms with van der Waals surface area (Å²) in [4.78, 5) is 2.51. The van der Waals surface area contributed by atoms with Gasteiger partial charge in [-0.05, 0) is 38.1 Å². The third-order valence-corrected chi connectivity index (χ3v) is 6.16. The summed E-state index contributed by atoms with van der Waals surface area (Å²) < 4.78 is 0. The Labute approximate surface area is 111 Å². The van der Waals surface area contributed by atoms with Crippen LogP contribution in [0.1, 0.15) is 45.4 Å². The van der Waals surface area contributed by atoms with Crippen molar-refractivity contribution in [2.75, 3.05) is 26.2 Å². The lowest BCUT2D eigenvalue weighted by atomic mass is 9.55. The molecule has 2 bridgehead atoms. The number of fused-ring (bicyclic) bond motifs is 2. The molecule has 2 heterocycles. The first-order valence-electron chi connectivity index (χ1n) is 7.74. The van der Waals surface area contributed by atoms with Gasteiger partial charge in [-0.25, -0.2) is 0 Å². The molecular weight excluding hydrogens is 224 g/mol. The predicted molar refractivity (Wildman–Crippen MR) is 73.2 cm³/mol. The molecule has 104 valence electrons. The van der Waals surface area contributed by atoms with Gasteiger partial charge in [-0.3, -0.25) is 0 Å². The summed E-state index contributed by atoms with van der Waals surface area (Å²) in [6.07, 6.45) is 6.96. The second-order valence-electron chi connectivity index (χ2n) is 7.15. The molecule has 3 rings (SSSR count). The van der Waals surface area contributed by atoms with E-state index in [9.17, 15) is 5.11 Å². The fourth-order valence-corrected chi connectivity index (χ4v) is 5.07. The average molecular weight is 252 g/mol. The van der Waals surface area contributed by atoms with Crippen LogP contribution in [0, 0.1) is 17.3 Å². The fourth-order valence-electron chi connectivity index (χ4n) is 5.07. The van der Waals surface area contributed by atoms with Crippen molar-refractivity contribution >= 4 is 0 Å². The van der Waals surface area contributed by atoms with Crippen LogP contribution in [-0.4, -0.2) is 41.8 Å². The van der Waals surface area contributed by atoms with Crippen molar-refractivity contribution in [3.8, 4) is 0 Å². The van der Waals surface area contributed by atoms with Crippen LogP contribution in [-0.2, 0) is 0 Å². The first-order chi connectivity index (χ1) is 8.60. The summed E-state index contributed by atoms with van der Waals surface area (Å²) in [6, 6.07) is 0. The van der Waals surface area contributed by atoms with Gasteiger partial charge < -0.3 is 15.7 Å². The van der Waals surface area contributed by atoms with E-state index < -0.39 is 5.60 Å². The highest BCUT2D eigenvalue weighted by molar-refractivity contribution is 5.09. The van der Waals surface area contributed by atoms with E-state index >= 15 is 0 Å². The highest BCUT2D eigenvalue weighted by Gasteiger charge is 2.57. The molecule has 3 fully saturated rings. The van der Waals surface area contributed by atoms with Gasteiger partial charge in [0.25, 0.3) is 0 Å². The summed E-state index contributed by atoms with van der Waals surface area (Å²) in [5.41, 5.74) is 5.70. The molecule has 2 saturated heterocycles. The van der Waals surface area contributed by atoms with Crippen molar-refractivity contribution in [1.82, 2.24) is 4.90 Å². The zero-order valence-electron chi connectivity index (χ0n) is 11.7. The third-order valence-electron chi connectivity index (χ3n) is 6.16. The molecule has 0 aromatic heterocycles. The molecule has 3 heteroatoms. The van der Waals surface area contributed by atoms with Gasteiger partial charge in [0.15, 0.2) is 0 Å². The summed E-state index contributed by atoms with van der Waals surface area (Å²) in [5, 5.41) is 11.4. The Hall–Kier alpha value is -0.120. The molecule has 3 aliphatic rings. The highest BCUT2D eigenvalue weighted by atomic mass is 16.3. The smallest absolute Gasteiger partial charge is 0.0768 e. The van der Waals surface area contributed by atoms with Gasteiger partial charge >= 0.3 is 0 Å². The molecule has 0 amide bonds. The molecule has 3 N–H and O–H groups in total. The highest BCUT2D eigenvalue weighted by Crippen LogP contribution is 2.54. The monoisotopic (exact) mass is 252 g/mol. The van der Waals surface area contributed by atoms with Crippen molar-refractivity contribution in [2.45, 2.75) is 51.0 Å². The molecule has 0 radical (unpaired) electrons. The molecule has 1 aliphatic carbocycles. The third kappa shape index (κ3) is 1.75. The van der Waals surface area contributed by atoms with E-state index in [0.717, 1.165) is 38.3 Å². The fraction of sp³-hybridized carbons (Fsp3) is 1.00. The van der Waals surface area contributed by atoms with Gasteiger partial charge in [-0.2, -0.15) is 0 Å². The van der Waals surface area contributed by atoms with E-state index in [2.05, 4.69) is 11.8 Å². The number of piperidine rings is 1. The maximum absolute atomic E-state index is 11.4. The minimum atomic E-state index is -0.483. The van der Waals surface area contributed by atoms with Gasteiger partial charge in [0.2, 0.25) is 0 Å². The molecule has 0 spiro atoms. The van der Waals surface area contributed by atoms with Crippen LogP contribution in [0.15, 0.2) is 0 Å². The first-order valence-corrected chi connectivity index (χ1v) is 7.74. The zero-order valence-corrected chi connectivity index (χ0v) is 11.7. The lowest BCUT2D eigenvalue weighted by Gasteiger charge is -2.55. The second kappa shape index (κ2) is 4.46. The Balaban J connectivity index is 1.89. The van der Waals surface area contributed by atoms with Crippen molar-refractivity contribution in [3.63, 3.8) is 0 Å². The molecule has 5 unspecified atom stereocenters. The van der Waals surface area contributed by atoms with Gasteiger partial charge in [0.1, 0.15) is 0 Å². The topological polar surface area (TPSA) is 49.5 Å². The van der Waals surface area contributed by atoms with Crippen molar-refractivity contribution in [1.29, 1.82) is 0 Å². The Bertz CT molecular complexity index is 322. The van der Waals surface area contributed by atoms with Crippen LogP contribution in [0.5, 0.6) is 0 Å². The zero-order chi connectivity index (χ0) is 12.8. The van der Waals surface area contributed by atoms with Crippen LogP contribution < -0.4 is 5.73 Å². The number of nitrogens with two attached hydrogens (primary N) is 1.